The number of para-hydroxylation sites is 2. The Balaban J connectivity index is 1.95. The van der Waals surface area contributed by atoms with Crippen molar-refractivity contribution in [3.63, 3.8) is 0 Å². The zero-order valence-electron chi connectivity index (χ0n) is 16.2. The van der Waals surface area contributed by atoms with Gasteiger partial charge >= 0.3 is 0 Å². The van der Waals surface area contributed by atoms with Crippen molar-refractivity contribution in [1.82, 2.24) is 19.6 Å². The van der Waals surface area contributed by atoms with Gasteiger partial charge in [-0.3, -0.25) is 4.40 Å². The van der Waals surface area contributed by atoms with Gasteiger partial charge in [0.2, 0.25) is 5.65 Å². The summed E-state index contributed by atoms with van der Waals surface area (Å²) in [5.74, 6) is 1.36. The normalized spacial score (nSPS) is 12.2. The third-order valence-corrected chi connectivity index (χ3v) is 6.65. The molecule has 0 aliphatic heterocycles. The van der Waals surface area contributed by atoms with Crippen LogP contribution in [-0.2, 0) is 16.4 Å². The molecule has 4 aromatic rings. The Bertz CT molecular complexity index is 1300. The van der Waals surface area contributed by atoms with Crippen LogP contribution in [0.1, 0.15) is 19.7 Å². The molecule has 2 aromatic heterocycles. The molecule has 0 aliphatic rings. The average Bonchev–Trinajstić information content (AvgIpc) is 3.10. The molecule has 0 amide bonds. The zero-order chi connectivity index (χ0) is 20.8. The van der Waals surface area contributed by atoms with Crippen LogP contribution < -0.4 is 4.31 Å². The Morgan fingerprint density at radius 1 is 1.07 bits per heavy atom. The Labute approximate surface area is 174 Å². The van der Waals surface area contributed by atoms with Crippen LogP contribution in [0, 0.1) is 5.92 Å². The van der Waals surface area contributed by atoms with Crippen LogP contribution in [0.15, 0.2) is 53.4 Å². The van der Waals surface area contributed by atoms with Crippen molar-refractivity contribution in [2.45, 2.75) is 25.2 Å². The van der Waals surface area contributed by atoms with Crippen LogP contribution >= 0.6 is 11.6 Å². The van der Waals surface area contributed by atoms with E-state index in [1.807, 2.05) is 28.7 Å². The van der Waals surface area contributed by atoms with Crippen molar-refractivity contribution in [2.75, 3.05) is 11.4 Å². The Morgan fingerprint density at radius 3 is 2.45 bits per heavy atom. The molecule has 0 bridgehead atoms. The first-order valence-corrected chi connectivity index (χ1v) is 11.0. The minimum absolute atomic E-state index is 0.124. The maximum Gasteiger partial charge on any atom is 0.265 e. The molecule has 0 unspecified atom stereocenters. The van der Waals surface area contributed by atoms with Gasteiger partial charge in [0.05, 0.1) is 15.9 Å². The molecular weight excluding hydrogens is 410 g/mol. The van der Waals surface area contributed by atoms with E-state index in [0.29, 0.717) is 28.5 Å². The third-order valence-electron chi connectivity index (χ3n) is 4.64. The first kappa shape index (κ1) is 19.6. The number of anilines is 1. The van der Waals surface area contributed by atoms with Crippen molar-refractivity contribution in [3.8, 4) is 0 Å². The predicted molar refractivity (Wildman–Crippen MR) is 114 cm³/mol. The zero-order valence-corrected chi connectivity index (χ0v) is 17.8. The van der Waals surface area contributed by atoms with Gasteiger partial charge in [-0.2, -0.15) is 0 Å². The molecule has 9 heteroatoms. The number of sulfonamides is 1. The van der Waals surface area contributed by atoms with E-state index in [-0.39, 0.29) is 10.7 Å². The second kappa shape index (κ2) is 7.27. The summed E-state index contributed by atoms with van der Waals surface area (Å²) in [6.45, 7) is 4.20. The van der Waals surface area contributed by atoms with Gasteiger partial charge in [0.1, 0.15) is 5.82 Å². The Morgan fingerprint density at radius 2 is 1.76 bits per heavy atom. The molecule has 2 heterocycles. The van der Waals surface area contributed by atoms with Gasteiger partial charge in [0, 0.05) is 18.5 Å². The first-order chi connectivity index (χ1) is 13.8. The Hall–Kier alpha value is -2.71. The Kier molecular flexibility index (Phi) is 4.92. The fourth-order valence-corrected chi connectivity index (χ4v) is 4.49. The summed E-state index contributed by atoms with van der Waals surface area (Å²) >= 11 is 5.90. The highest BCUT2D eigenvalue weighted by Gasteiger charge is 2.27. The van der Waals surface area contributed by atoms with Gasteiger partial charge in [-0.05, 0) is 42.3 Å². The van der Waals surface area contributed by atoms with Crippen molar-refractivity contribution in [2.24, 2.45) is 5.92 Å². The van der Waals surface area contributed by atoms with Crippen LogP contribution in [-0.4, -0.2) is 35.0 Å². The highest BCUT2D eigenvalue weighted by Crippen LogP contribution is 2.28. The van der Waals surface area contributed by atoms with Crippen molar-refractivity contribution >= 4 is 44.1 Å². The second-order valence-corrected chi connectivity index (χ2v) is 9.63. The molecule has 4 rings (SSSR count). The summed E-state index contributed by atoms with van der Waals surface area (Å²) in [5, 5.41) is 9.08. The van der Waals surface area contributed by atoms with E-state index in [9.17, 15) is 8.42 Å². The highest BCUT2D eigenvalue weighted by atomic mass is 35.5. The number of fused-ring (bicyclic) bond motifs is 3. The maximum atomic E-state index is 13.2. The molecule has 2 aromatic carbocycles. The second-order valence-electron chi connectivity index (χ2n) is 7.22. The molecule has 0 radical (unpaired) electrons. The van der Waals surface area contributed by atoms with Crippen molar-refractivity contribution < 1.29 is 8.42 Å². The fourth-order valence-electron chi connectivity index (χ4n) is 3.21. The minimum atomic E-state index is -3.85. The molecule has 0 saturated heterocycles. The van der Waals surface area contributed by atoms with Gasteiger partial charge < -0.3 is 0 Å². The van der Waals surface area contributed by atoms with E-state index in [1.165, 1.54) is 19.2 Å². The molecule has 0 fully saturated rings. The molecule has 0 N–H and O–H groups in total. The molecule has 7 nitrogen and oxygen atoms in total. The van der Waals surface area contributed by atoms with E-state index in [2.05, 4.69) is 29.0 Å². The van der Waals surface area contributed by atoms with Gasteiger partial charge in [0.15, 0.2) is 5.82 Å². The lowest BCUT2D eigenvalue weighted by atomic mass is 10.1. The van der Waals surface area contributed by atoms with Crippen molar-refractivity contribution in [3.05, 3.63) is 59.4 Å². The number of hydrogen-bond acceptors (Lipinski definition) is 5. The van der Waals surface area contributed by atoms with Gasteiger partial charge in [-0.15, -0.1) is 10.2 Å². The lowest BCUT2D eigenvalue weighted by Gasteiger charge is -2.20. The van der Waals surface area contributed by atoms with Crippen LogP contribution in [0.2, 0.25) is 5.02 Å². The van der Waals surface area contributed by atoms with E-state index in [1.54, 1.807) is 12.1 Å². The number of hydrogen-bond donors (Lipinski definition) is 0. The summed E-state index contributed by atoms with van der Waals surface area (Å²) < 4.78 is 29.4. The molecule has 150 valence electrons. The number of halogens is 1. The molecule has 0 saturated carbocycles. The highest BCUT2D eigenvalue weighted by molar-refractivity contribution is 7.92. The van der Waals surface area contributed by atoms with E-state index >= 15 is 0 Å². The predicted octanol–water partition coefficient (Wildman–Crippen LogP) is 3.95. The lowest BCUT2D eigenvalue weighted by Crippen LogP contribution is -2.28. The summed E-state index contributed by atoms with van der Waals surface area (Å²) in [4.78, 5) is 4.73. The van der Waals surface area contributed by atoms with Gasteiger partial charge in [-0.25, -0.2) is 17.7 Å². The van der Waals surface area contributed by atoms with Crippen LogP contribution in [0.25, 0.3) is 16.7 Å². The van der Waals surface area contributed by atoms with E-state index in [0.717, 1.165) is 15.6 Å². The smallest absolute Gasteiger partial charge is 0.265 e. The summed E-state index contributed by atoms with van der Waals surface area (Å²) in [6, 6.07) is 13.6. The maximum absolute atomic E-state index is 13.2. The monoisotopic (exact) mass is 429 g/mol. The lowest BCUT2D eigenvalue weighted by molar-refractivity contribution is 0.594. The fraction of sp³-hybridized carbons (Fsp3) is 0.250. The number of benzene rings is 2. The number of nitrogens with zero attached hydrogens (tertiary/aromatic N) is 5. The number of aromatic nitrogens is 4. The standard InChI is InChI=1S/C20H20ClN5O2S/c1-13(2)12-18-23-24-20-19(22-16-6-4-5-7-17(16)26(18)20)25(3)29(27,28)15-10-8-14(21)9-11-15/h4-11,13H,12H2,1-3H3. The van der Waals surface area contributed by atoms with Gasteiger partial charge in [-0.1, -0.05) is 37.6 Å². The topological polar surface area (TPSA) is 80.5 Å². The number of rotatable bonds is 5. The third kappa shape index (κ3) is 3.42. The molecule has 0 atom stereocenters. The summed E-state index contributed by atoms with van der Waals surface area (Å²) in [6.07, 6.45) is 0.711. The quantitative estimate of drug-likeness (QED) is 0.479. The SMILES string of the molecule is CC(C)Cc1nnc2c(N(C)S(=O)(=O)c3ccc(Cl)cc3)nc3ccccc3n12. The molecular formula is C20H20ClN5O2S. The summed E-state index contributed by atoms with van der Waals surface area (Å²) in [5.41, 5.74) is 1.90. The average molecular weight is 430 g/mol. The van der Waals surface area contributed by atoms with Crippen LogP contribution in [0.5, 0.6) is 0 Å². The first-order valence-electron chi connectivity index (χ1n) is 9.16. The van der Waals surface area contributed by atoms with Crippen LogP contribution in [0.4, 0.5) is 5.82 Å². The van der Waals surface area contributed by atoms with E-state index in [4.69, 9.17) is 11.6 Å². The van der Waals surface area contributed by atoms with Crippen molar-refractivity contribution in [1.29, 1.82) is 0 Å². The largest absolute Gasteiger partial charge is 0.274 e. The minimum Gasteiger partial charge on any atom is -0.274 e. The molecule has 0 aliphatic carbocycles. The van der Waals surface area contributed by atoms with E-state index < -0.39 is 10.0 Å². The van der Waals surface area contributed by atoms with Gasteiger partial charge in [0.25, 0.3) is 10.0 Å². The summed E-state index contributed by atoms with van der Waals surface area (Å²) in [7, 11) is -2.38. The molecule has 29 heavy (non-hydrogen) atoms. The molecule has 0 spiro atoms. The van der Waals surface area contributed by atoms with Crippen LogP contribution in [0.3, 0.4) is 0 Å².